The zero-order chi connectivity index (χ0) is 12.1. The fourth-order valence-corrected chi connectivity index (χ4v) is 3.58. The molecule has 1 aromatic heterocycles. The Labute approximate surface area is 107 Å². The normalized spacial score (nSPS) is 18.4. The Morgan fingerprint density at radius 1 is 1.41 bits per heavy atom. The van der Waals surface area contributed by atoms with Gasteiger partial charge in [-0.05, 0) is 30.9 Å². The molecule has 1 saturated carbocycles. The predicted octanol–water partition coefficient (Wildman–Crippen LogP) is 2.21. The number of anilines is 1. The van der Waals surface area contributed by atoms with Crippen LogP contribution in [0.4, 0.5) is 5.82 Å². The first-order chi connectivity index (χ1) is 8.25. The molecule has 2 rings (SSSR count). The summed E-state index contributed by atoms with van der Waals surface area (Å²) in [6.07, 6.45) is 8.07. The number of thioether (sulfide) groups is 1. The van der Waals surface area contributed by atoms with Crippen molar-refractivity contribution in [1.29, 1.82) is 0 Å². The Hall–Kier alpha value is -0.740. The van der Waals surface area contributed by atoms with E-state index in [0.29, 0.717) is 5.82 Å². The number of nitrogens with zero attached hydrogens (tertiary/aromatic N) is 1. The minimum absolute atomic E-state index is 0.187. The highest BCUT2D eigenvalue weighted by Crippen LogP contribution is 2.29. The van der Waals surface area contributed by atoms with Crippen molar-refractivity contribution in [2.45, 2.75) is 43.4 Å². The topological polar surface area (TPSA) is 64.9 Å². The van der Waals surface area contributed by atoms with Gasteiger partial charge in [-0.1, -0.05) is 18.9 Å². The van der Waals surface area contributed by atoms with Crippen LogP contribution in [0, 0.1) is 0 Å². The number of hydrogen-bond donors (Lipinski definition) is 2. The van der Waals surface area contributed by atoms with Crippen LogP contribution in [-0.4, -0.2) is 22.0 Å². The van der Waals surface area contributed by atoms with Crippen molar-refractivity contribution in [2.24, 2.45) is 5.73 Å². The summed E-state index contributed by atoms with van der Waals surface area (Å²) in [5.74, 6) is 1.65. The van der Waals surface area contributed by atoms with Gasteiger partial charge in [0.2, 0.25) is 0 Å². The van der Waals surface area contributed by atoms with Crippen molar-refractivity contribution in [2.75, 3.05) is 11.5 Å². The van der Waals surface area contributed by atoms with Gasteiger partial charge < -0.3 is 11.5 Å². The van der Waals surface area contributed by atoms with E-state index in [0.717, 1.165) is 23.0 Å². The first-order valence-corrected chi connectivity index (χ1v) is 7.37. The molecule has 0 radical (unpaired) electrons. The van der Waals surface area contributed by atoms with E-state index in [1.54, 1.807) is 6.20 Å². The summed E-state index contributed by atoms with van der Waals surface area (Å²) in [6.45, 7) is 0. The highest BCUT2D eigenvalue weighted by Gasteiger charge is 2.17. The highest BCUT2D eigenvalue weighted by atomic mass is 32.2. The van der Waals surface area contributed by atoms with Crippen LogP contribution in [-0.2, 0) is 6.42 Å². The maximum atomic E-state index is 6.15. The highest BCUT2D eigenvalue weighted by molar-refractivity contribution is 7.99. The summed E-state index contributed by atoms with van der Waals surface area (Å²) in [7, 11) is 0. The van der Waals surface area contributed by atoms with Gasteiger partial charge in [0.05, 0.1) is 0 Å². The van der Waals surface area contributed by atoms with Crippen LogP contribution in [0.15, 0.2) is 18.3 Å². The molecule has 0 bridgehead atoms. The molecule has 1 aliphatic carbocycles. The monoisotopic (exact) mass is 251 g/mol. The van der Waals surface area contributed by atoms with E-state index in [1.807, 2.05) is 23.9 Å². The lowest BCUT2D eigenvalue weighted by molar-refractivity contribution is 0.744. The third-order valence-corrected chi connectivity index (χ3v) is 4.82. The van der Waals surface area contributed by atoms with E-state index in [9.17, 15) is 0 Å². The molecule has 3 nitrogen and oxygen atoms in total. The molecule has 1 atom stereocenters. The van der Waals surface area contributed by atoms with Gasteiger partial charge in [0, 0.05) is 23.2 Å². The Morgan fingerprint density at radius 3 is 2.88 bits per heavy atom. The molecule has 0 aliphatic heterocycles. The van der Waals surface area contributed by atoms with E-state index in [4.69, 9.17) is 11.5 Å². The molecule has 94 valence electrons. The molecule has 1 unspecified atom stereocenters. The summed E-state index contributed by atoms with van der Waals surface area (Å²) >= 11 is 2.03. The van der Waals surface area contributed by atoms with Gasteiger partial charge in [-0.15, -0.1) is 0 Å². The molecule has 17 heavy (non-hydrogen) atoms. The lowest BCUT2D eigenvalue weighted by Crippen LogP contribution is -2.27. The van der Waals surface area contributed by atoms with E-state index in [1.165, 1.54) is 25.7 Å². The first kappa shape index (κ1) is 12.7. The van der Waals surface area contributed by atoms with Crippen molar-refractivity contribution < 1.29 is 0 Å². The number of nitrogen functional groups attached to an aromatic ring is 1. The first-order valence-electron chi connectivity index (χ1n) is 6.32. The maximum Gasteiger partial charge on any atom is 0.126 e. The van der Waals surface area contributed by atoms with Crippen molar-refractivity contribution in [3.63, 3.8) is 0 Å². The Morgan fingerprint density at radius 2 is 2.18 bits per heavy atom. The largest absolute Gasteiger partial charge is 0.383 e. The minimum Gasteiger partial charge on any atom is -0.383 e. The number of hydrogen-bond acceptors (Lipinski definition) is 4. The van der Waals surface area contributed by atoms with Gasteiger partial charge in [0.25, 0.3) is 0 Å². The van der Waals surface area contributed by atoms with Crippen LogP contribution in [0.1, 0.15) is 31.2 Å². The molecule has 1 heterocycles. The molecule has 0 spiro atoms. The predicted molar refractivity (Wildman–Crippen MR) is 75.0 cm³/mol. The van der Waals surface area contributed by atoms with Crippen LogP contribution in [0.2, 0.25) is 0 Å². The van der Waals surface area contributed by atoms with Gasteiger partial charge in [0.15, 0.2) is 0 Å². The smallest absolute Gasteiger partial charge is 0.126 e. The number of nitrogens with two attached hydrogens (primary N) is 2. The molecular formula is C13H21N3S. The Kier molecular flexibility index (Phi) is 4.68. The average Bonchev–Trinajstić information content (AvgIpc) is 2.82. The van der Waals surface area contributed by atoms with Gasteiger partial charge in [-0.25, -0.2) is 4.98 Å². The third-order valence-electron chi connectivity index (χ3n) is 3.26. The summed E-state index contributed by atoms with van der Waals surface area (Å²) in [5.41, 5.74) is 13.0. The van der Waals surface area contributed by atoms with Crippen molar-refractivity contribution in [3.8, 4) is 0 Å². The molecule has 0 saturated heterocycles. The molecule has 1 aromatic rings. The van der Waals surface area contributed by atoms with Gasteiger partial charge in [-0.2, -0.15) is 11.8 Å². The zero-order valence-electron chi connectivity index (χ0n) is 10.1. The summed E-state index contributed by atoms with van der Waals surface area (Å²) < 4.78 is 0. The quantitative estimate of drug-likeness (QED) is 0.842. The molecule has 4 N–H and O–H groups in total. The summed E-state index contributed by atoms with van der Waals surface area (Å²) in [6, 6.07) is 4.12. The number of aromatic nitrogens is 1. The molecule has 0 aromatic carbocycles. The van der Waals surface area contributed by atoms with Crippen molar-refractivity contribution >= 4 is 17.6 Å². The summed E-state index contributed by atoms with van der Waals surface area (Å²) in [5, 5.41) is 0.840. The second kappa shape index (κ2) is 6.26. The number of pyridine rings is 1. The van der Waals surface area contributed by atoms with Crippen LogP contribution in [0.25, 0.3) is 0 Å². The fraction of sp³-hybridized carbons (Fsp3) is 0.615. The Balaban J connectivity index is 1.76. The SMILES string of the molecule is Nc1ncccc1CC(N)CSC1CCCC1. The van der Waals surface area contributed by atoms with Crippen molar-refractivity contribution in [1.82, 2.24) is 4.98 Å². The van der Waals surface area contributed by atoms with Gasteiger partial charge in [0.1, 0.15) is 5.82 Å². The molecule has 0 amide bonds. The third kappa shape index (κ3) is 3.89. The molecule has 1 fully saturated rings. The van der Waals surface area contributed by atoms with E-state index < -0.39 is 0 Å². The van der Waals surface area contributed by atoms with E-state index >= 15 is 0 Å². The fourth-order valence-electron chi connectivity index (χ4n) is 2.28. The van der Waals surface area contributed by atoms with Crippen LogP contribution >= 0.6 is 11.8 Å². The second-order valence-electron chi connectivity index (χ2n) is 4.75. The maximum absolute atomic E-state index is 6.15. The number of rotatable bonds is 5. The standard InChI is InChI=1S/C13H21N3S/c14-11(9-17-12-5-1-2-6-12)8-10-4-3-7-16-13(10)15/h3-4,7,11-12H,1-2,5-6,8-9,14H2,(H2,15,16). The van der Waals surface area contributed by atoms with Crippen LogP contribution < -0.4 is 11.5 Å². The second-order valence-corrected chi connectivity index (χ2v) is 6.09. The lowest BCUT2D eigenvalue weighted by Gasteiger charge is -2.15. The summed E-state index contributed by atoms with van der Waals surface area (Å²) in [4.78, 5) is 4.09. The van der Waals surface area contributed by atoms with Gasteiger partial charge >= 0.3 is 0 Å². The van der Waals surface area contributed by atoms with E-state index in [2.05, 4.69) is 4.98 Å². The average molecular weight is 251 g/mol. The lowest BCUT2D eigenvalue weighted by atomic mass is 10.1. The molecule has 1 aliphatic rings. The minimum atomic E-state index is 0.187. The molecule has 4 heteroatoms. The van der Waals surface area contributed by atoms with Gasteiger partial charge in [-0.3, -0.25) is 0 Å². The van der Waals surface area contributed by atoms with Crippen LogP contribution in [0.5, 0.6) is 0 Å². The van der Waals surface area contributed by atoms with Crippen LogP contribution in [0.3, 0.4) is 0 Å². The van der Waals surface area contributed by atoms with E-state index in [-0.39, 0.29) is 6.04 Å². The molecular weight excluding hydrogens is 230 g/mol. The zero-order valence-corrected chi connectivity index (χ0v) is 11.0. The Bertz CT molecular complexity index is 350. The van der Waals surface area contributed by atoms with Crippen molar-refractivity contribution in [3.05, 3.63) is 23.9 Å².